The minimum atomic E-state index is 0.603. The number of methoxy groups -OCH3 is 1. The van der Waals surface area contributed by atoms with Gasteiger partial charge in [-0.2, -0.15) is 0 Å². The van der Waals surface area contributed by atoms with E-state index in [0.29, 0.717) is 13.2 Å². The molecule has 0 aliphatic carbocycles. The average molecular weight is 464 g/mol. The number of nitrogens with zero attached hydrogens (tertiary/aromatic N) is 2. The molecule has 1 N–H and O–H groups in total. The maximum atomic E-state index is 5.67. The Morgan fingerprint density at radius 3 is 2.42 bits per heavy atom. The summed E-state index contributed by atoms with van der Waals surface area (Å²) in [5.41, 5.74) is 3.60. The van der Waals surface area contributed by atoms with Crippen molar-refractivity contribution in [3.05, 3.63) is 72.3 Å². The number of anilines is 2. The Balaban J connectivity index is 1.11. The van der Waals surface area contributed by atoms with Crippen LogP contribution in [0.15, 0.2) is 71.6 Å². The first-order valence-electron chi connectivity index (χ1n) is 11.3. The zero-order valence-electron chi connectivity index (χ0n) is 18.8. The summed E-state index contributed by atoms with van der Waals surface area (Å²) in [6, 6.07) is 23.0. The van der Waals surface area contributed by atoms with E-state index in [1.807, 2.05) is 30.3 Å². The third-order valence-electron chi connectivity index (χ3n) is 5.96. The van der Waals surface area contributed by atoms with E-state index in [1.54, 1.807) is 19.1 Å². The number of hydrogen-bond donors (Lipinski definition) is 1. The molecule has 172 valence electrons. The molecule has 6 nitrogen and oxygen atoms in total. The van der Waals surface area contributed by atoms with Gasteiger partial charge >= 0.3 is 0 Å². The van der Waals surface area contributed by atoms with Crippen LogP contribution in [0.5, 0.6) is 17.2 Å². The normalized spacial score (nSPS) is 15.8. The second-order valence-corrected chi connectivity index (χ2v) is 9.02. The van der Waals surface area contributed by atoms with Gasteiger partial charge in [0.1, 0.15) is 19.0 Å². The molecule has 2 aliphatic rings. The van der Waals surface area contributed by atoms with E-state index in [-0.39, 0.29) is 0 Å². The number of para-hydroxylation sites is 2. The highest BCUT2D eigenvalue weighted by atomic mass is 32.2. The molecule has 0 amide bonds. The highest BCUT2D eigenvalue weighted by Crippen LogP contribution is 2.34. The van der Waals surface area contributed by atoms with Gasteiger partial charge < -0.3 is 23.8 Å². The number of ether oxygens (including phenoxy) is 3. The van der Waals surface area contributed by atoms with Gasteiger partial charge in [0.05, 0.1) is 12.8 Å². The predicted octanol–water partition coefficient (Wildman–Crippen LogP) is 4.91. The average Bonchev–Trinajstić information content (AvgIpc) is 2.88. The van der Waals surface area contributed by atoms with Crippen LogP contribution in [0.2, 0.25) is 0 Å². The van der Waals surface area contributed by atoms with Gasteiger partial charge in [-0.3, -0.25) is 4.90 Å². The second-order valence-electron chi connectivity index (χ2n) is 8.14. The highest BCUT2D eigenvalue weighted by molar-refractivity contribution is 8.00. The Bertz CT molecular complexity index is 1070. The van der Waals surface area contributed by atoms with Crippen LogP contribution in [-0.4, -0.2) is 51.4 Å². The Labute approximate surface area is 199 Å². The van der Waals surface area contributed by atoms with Crippen LogP contribution in [0.4, 0.5) is 11.4 Å². The van der Waals surface area contributed by atoms with Gasteiger partial charge in [-0.1, -0.05) is 24.3 Å². The molecule has 3 aromatic rings. The van der Waals surface area contributed by atoms with Crippen LogP contribution in [0.3, 0.4) is 0 Å². The summed E-state index contributed by atoms with van der Waals surface area (Å²) >= 11 is 1.58. The predicted molar refractivity (Wildman–Crippen MR) is 134 cm³/mol. The van der Waals surface area contributed by atoms with Crippen molar-refractivity contribution in [3.63, 3.8) is 0 Å². The second kappa shape index (κ2) is 10.3. The Morgan fingerprint density at radius 1 is 0.879 bits per heavy atom. The summed E-state index contributed by atoms with van der Waals surface area (Å²) in [6.45, 7) is 6.27. The number of hydrogen-bond acceptors (Lipinski definition) is 7. The lowest BCUT2D eigenvalue weighted by Gasteiger charge is -2.36. The van der Waals surface area contributed by atoms with E-state index >= 15 is 0 Å². The van der Waals surface area contributed by atoms with E-state index in [4.69, 9.17) is 14.2 Å². The van der Waals surface area contributed by atoms with Gasteiger partial charge in [-0.25, -0.2) is 0 Å². The van der Waals surface area contributed by atoms with Crippen molar-refractivity contribution in [2.45, 2.75) is 11.4 Å². The number of fused-ring (bicyclic) bond motifs is 1. The molecule has 1 saturated heterocycles. The maximum Gasteiger partial charge on any atom is 0.162 e. The molecule has 0 atom stereocenters. The molecule has 0 radical (unpaired) electrons. The first kappa shape index (κ1) is 21.8. The van der Waals surface area contributed by atoms with Crippen LogP contribution in [0, 0.1) is 0 Å². The Morgan fingerprint density at radius 2 is 1.64 bits per heavy atom. The molecule has 0 aromatic heterocycles. The summed E-state index contributed by atoms with van der Waals surface area (Å²) in [5, 5.41) is 0. The molecule has 2 aliphatic heterocycles. The molecule has 33 heavy (non-hydrogen) atoms. The van der Waals surface area contributed by atoms with Crippen LogP contribution in [-0.2, 0) is 6.54 Å². The topological polar surface area (TPSA) is 46.2 Å². The zero-order valence-corrected chi connectivity index (χ0v) is 19.6. The quantitative estimate of drug-likeness (QED) is 0.500. The van der Waals surface area contributed by atoms with Crippen LogP contribution < -0.4 is 23.8 Å². The van der Waals surface area contributed by atoms with Crippen molar-refractivity contribution in [1.29, 1.82) is 0 Å². The van der Waals surface area contributed by atoms with Gasteiger partial charge in [0.25, 0.3) is 0 Å². The largest absolute Gasteiger partial charge is 0.495 e. The van der Waals surface area contributed by atoms with Gasteiger partial charge in [0, 0.05) is 43.3 Å². The van der Waals surface area contributed by atoms with Crippen molar-refractivity contribution < 1.29 is 14.2 Å². The first-order chi connectivity index (χ1) is 16.3. The fourth-order valence-electron chi connectivity index (χ4n) is 4.18. The first-order valence-corrected chi connectivity index (χ1v) is 12.1. The standard InChI is InChI=1S/C26H29N3O3S/c1-30-24-5-3-2-4-23(24)29-14-12-28(13-15-29)19-20-6-8-21(9-7-20)27-33-22-10-11-25-26(18-22)32-17-16-31-25/h2-11,18,27H,12-17,19H2,1H3. The molecule has 2 heterocycles. The van der Waals surface area contributed by atoms with E-state index in [9.17, 15) is 0 Å². The summed E-state index contributed by atoms with van der Waals surface area (Å²) in [4.78, 5) is 6.02. The van der Waals surface area contributed by atoms with Gasteiger partial charge in [-0.15, -0.1) is 0 Å². The van der Waals surface area contributed by atoms with Crippen LogP contribution >= 0.6 is 11.9 Å². The van der Waals surface area contributed by atoms with Crippen LogP contribution in [0.1, 0.15) is 5.56 Å². The molecule has 0 bridgehead atoms. The molecular formula is C26H29N3O3S. The zero-order chi connectivity index (χ0) is 22.5. The minimum absolute atomic E-state index is 0.603. The number of nitrogens with one attached hydrogen (secondary N) is 1. The summed E-state index contributed by atoms with van der Waals surface area (Å²) in [5.74, 6) is 2.58. The molecular weight excluding hydrogens is 434 g/mol. The van der Waals surface area contributed by atoms with Gasteiger partial charge in [0.15, 0.2) is 11.5 Å². The van der Waals surface area contributed by atoms with E-state index < -0.39 is 0 Å². The Hall–Kier alpha value is -3.03. The third-order valence-corrected chi connectivity index (χ3v) is 6.79. The van der Waals surface area contributed by atoms with Gasteiger partial charge in [-0.05, 0) is 60.0 Å². The van der Waals surface area contributed by atoms with Gasteiger partial charge in [0.2, 0.25) is 0 Å². The Kier molecular flexibility index (Phi) is 6.79. The molecule has 3 aromatic carbocycles. The van der Waals surface area contributed by atoms with Crippen molar-refractivity contribution in [3.8, 4) is 17.2 Å². The van der Waals surface area contributed by atoms with E-state index in [2.05, 4.69) is 50.9 Å². The fraction of sp³-hybridized carbons (Fsp3) is 0.308. The lowest BCUT2D eigenvalue weighted by molar-refractivity contribution is 0.171. The molecule has 5 rings (SSSR count). The van der Waals surface area contributed by atoms with Crippen molar-refractivity contribution in [2.75, 3.05) is 56.1 Å². The van der Waals surface area contributed by atoms with Crippen molar-refractivity contribution in [1.82, 2.24) is 4.90 Å². The SMILES string of the molecule is COc1ccccc1N1CCN(Cc2ccc(NSc3ccc4c(c3)OCCO4)cc2)CC1. The lowest BCUT2D eigenvalue weighted by atomic mass is 10.1. The summed E-state index contributed by atoms with van der Waals surface area (Å²) < 4.78 is 20.2. The fourth-order valence-corrected chi connectivity index (χ4v) is 4.85. The van der Waals surface area contributed by atoms with Crippen molar-refractivity contribution >= 4 is 23.3 Å². The maximum absolute atomic E-state index is 5.67. The smallest absolute Gasteiger partial charge is 0.162 e. The molecule has 7 heteroatoms. The number of benzene rings is 3. The van der Waals surface area contributed by atoms with Crippen LogP contribution in [0.25, 0.3) is 0 Å². The third kappa shape index (κ3) is 5.31. The minimum Gasteiger partial charge on any atom is -0.495 e. The van der Waals surface area contributed by atoms with E-state index in [0.717, 1.165) is 60.6 Å². The summed E-state index contributed by atoms with van der Waals surface area (Å²) in [6.07, 6.45) is 0. The summed E-state index contributed by atoms with van der Waals surface area (Å²) in [7, 11) is 1.74. The van der Waals surface area contributed by atoms with E-state index in [1.165, 1.54) is 11.3 Å². The van der Waals surface area contributed by atoms with Crippen molar-refractivity contribution in [2.24, 2.45) is 0 Å². The number of piperazine rings is 1. The molecule has 0 saturated carbocycles. The monoisotopic (exact) mass is 463 g/mol. The highest BCUT2D eigenvalue weighted by Gasteiger charge is 2.19. The molecule has 1 fully saturated rings. The lowest BCUT2D eigenvalue weighted by Crippen LogP contribution is -2.46. The molecule has 0 unspecified atom stereocenters. The molecule has 0 spiro atoms. The number of rotatable bonds is 7.